The van der Waals surface area contributed by atoms with Gasteiger partial charge in [-0.2, -0.15) is 0 Å². The Kier molecular flexibility index (Phi) is 4.35. The number of halogens is 1. The van der Waals surface area contributed by atoms with Crippen molar-refractivity contribution in [1.29, 1.82) is 0 Å². The molecule has 94 valence electrons. The fraction of sp³-hybridized carbons (Fsp3) is 0.167. The van der Waals surface area contributed by atoms with Crippen LogP contribution in [0.3, 0.4) is 0 Å². The molecule has 18 heavy (non-hydrogen) atoms. The maximum atomic E-state index is 11.5. The molecule has 1 heterocycles. The Labute approximate surface area is 113 Å². The molecule has 0 atom stereocenters. The highest BCUT2D eigenvalue weighted by molar-refractivity contribution is 9.10. The van der Waals surface area contributed by atoms with E-state index in [1.807, 2.05) is 18.2 Å². The van der Waals surface area contributed by atoms with Gasteiger partial charge in [-0.25, -0.2) is 4.98 Å². The molecule has 0 spiro atoms. The van der Waals surface area contributed by atoms with Crippen LogP contribution < -0.4 is 10.1 Å². The van der Waals surface area contributed by atoms with Gasteiger partial charge in [-0.05, 0) is 18.2 Å². The Morgan fingerprint density at radius 1 is 1.50 bits per heavy atom. The normalized spacial score (nSPS) is 10.1. The molecule has 0 saturated carbocycles. The van der Waals surface area contributed by atoms with Crippen molar-refractivity contribution in [3.05, 3.63) is 47.0 Å². The molecule has 0 unspecified atom stereocenters. The first-order chi connectivity index (χ1) is 8.74. The molecule has 0 radical (unpaired) electrons. The highest BCUT2D eigenvalue weighted by Gasteiger charge is 2.03. The Balaban J connectivity index is 1.75. The van der Waals surface area contributed by atoms with Gasteiger partial charge in [-0.15, -0.1) is 0 Å². The lowest BCUT2D eigenvalue weighted by molar-refractivity contribution is -0.123. The van der Waals surface area contributed by atoms with Gasteiger partial charge in [0.1, 0.15) is 5.75 Å². The third-order valence-corrected chi connectivity index (χ3v) is 2.69. The van der Waals surface area contributed by atoms with Crippen molar-refractivity contribution in [1.82, 2.24) is 15.3 Å². The predicted molar refractivity (Wildman–Crippen MR) is 70.1 cm³/mol. The Morgan fingerprint density at radius 3 is 3.11 bits per heavy atom. The number of hydrogen-bond donors (Lipinski definition) is 2. The third kappa shape index (κ3) is 3.89. The van der Waals surface area contributed by atoms with E-state index in [1.165, 1.54) is 0 Å². The number of nitrogens with one attached hydrogen (secondary N) is 2. The zero-order valence-corrected chi connectivity index (χ0v) is 11.1. The molecular weight excluding hydrogens is 298 g/mol. The number of aromatic nitrogens is 2. The standard InChI is InChI=1S/C12H12BrN3O2/c13-9-2-1-3-11(4-9)18-7-12(17)15-6-10-5-14-8-16-10/h1-5,8H,6-7H2,(H,14,16)(H,15,17). The predicted octanol–water partition coefficient (Wildman–Crippen LogP) is 1.87. The molecule has 1 amide bonds. The summed E-state index contributed by atoms with van der Waals surface area (Å²) in [6.45, 7) is 0.408. The van der Waals surface area contributed by atoms with E-state index in [0.717, 1.165) is 10.2 Å². The van der Waals surface area contributed by atoms with Gasteiger partial charge in [0.25, 0.3) is 5.91 Å². The molecular formula is C12H12BrN3O2. The number of ether oxygens (including phenoxy) is 1. The minimum absolute atomic E-state index is 0.00933. The lowest BCUT2D eigenvalue weighted by atomic mass is 10.3. The second-order valence-electron chi connectivity index (χ2n) is 3.60. The second kappa shape index (κ2) is 6.20. The summed E-state index contributed by atoms with van der Waals surface area (Å²) in [7, 11) is 0. The summed E-state index contributed by atoms with van der Waals surface area (Å²) in [5.41, 5.74) is 0.853. The Morgan fingerprint density at radius 2 is 2.39 bits per heavy atom. The molecule has 0 aliphatic carbocycles. The van der Waals surface area contributed by atoms with Crippen molar-refractivity contribution < 1.29 is 9.53 Å². The smallest absolute Gasteiger partial charge is 0.258 e. The average molecular weight is 310 g/mol. The molecule has 5 nitrogen and oxygen atoms in total. The van der Waals surface area contributed by atoms with Crippen molar-refractivity contribution in [3.63, 3.8) is 0 Å². The van der Waals surface area contributed by atoms with E-state index in [4.69, 9.17) is 4.74 Å². The van der Waals surface area contributed by atoms with E-state index < -0.39 is 0 Å². The minimum Gasteiger partial charge on any atom is -0.484 e. The number of carbonyl (C=O) groups excluding carboxylic acids is 1. The van der Waals surface area contributed by atoms with Gasteiger partial charge in [0.2, 0.25) is 0 Å². The number of imidazole rings is 1. The van der Waals surface area contributed by atoms with Crippen LogP contribution in [0.5, 0.6) is 5.75 Å². The first kappa shape index (κ1) is 12.6. The fourth-order valence-corrected chi connectivity index (χ4v) is 1.71. The first-order valence-electron chi connectivity index (χ1n) is 5.36. The molecule has 0 aliphatic rings. The monoisotopic (exact) mass is 309 g/mol. The SMILES string of the molecule is O=C(COc1cccc(Br)c1)NCc1cnc[nH]1. The average Bonchev–Trinajstić information content (AvgIpc) is 2.87. The van der Waals surface area contributed by atoms with E-state index in [9.17, 15) is 4.79 Å². The summed E-state index contributed by atoms with van der Waals surface area (Å²) in [5.74, 6) is 0.477. The molecule has 2 aromatic rings. The van der Waals surface area contributed by atoms with Gasteiger partial charge < -0.3 is 15.0 Å². The maximum Gasteiger partial charge on any atom is 0.258 e. The number of carbonyl (C=O) groups is 1. The second-order valence-corrected chi connectivity index (χ2v) is 4.52. The van der Waals surface area contributed by atoms with Crippen LogP contribution in [0.1, 0.15) is 5.69 Å². The number of H-pyrrole nitrogens is 1. The van der Waals surface area contributed by atoms with Crippen molar-refractivity contribution in [2.45, 2.75) is 6.54 Å². The molecule has 0 bridgehead atoms. The van der Waals surface area contributed by atoms with E-state index in [-0.39, 0.29) is 12.5 Å². The van der Waals surface area contributed by atoms with E-state index in [0.29, 0.717) is 12.3 Å². The number of amides is 1. The fourth-order valence-electron chi connectivity index (χ4n) is 1.33. The Bertz CT molecular complexity index is 514. The summed E-state index contributed by atoms with van der Waals surface area (Å²) >= 11 is 3.33. The quantitative estimate of drug-likeness (QED) is 0.886. The lowest BCUT2D eigenvalue weighted by Crippen LogP contribution is -2.28. The van der Waals surface area contributed by atoms with Crippen LogP contribution in [0.15, 0.2) is 41.3 Å². The molecule has 0 aliphatic heterocycles. The molecule has 1 aromatic carbocycles. The molecule has 2 rings (SSSR count). The summed E-state index contributed by atoms with van der Waals surface area (Å²) < 4.78 is 6.27. The lowest BCUT2D eigenvalue weighted by Gasteiger charge is -2.06. The van der Waals surface area contributed by atoms with Crippen molar-refractivity contribution in [2.24, 2.45) is 0 Å². The van der Waals surface area contributed by atoms with Crippen molar-refractivity contribution >= 4 is 21.8 Å². The highest BCUT2D eigenvalue weighted by Crippen LogP contribution is 2.17. The molecule has 2 N–H and O–H groups in total. The zero-order chi connectivity index (χ0) is 12.8. The highest BCUT2D eigenvalue weighted by atomic mass is 79.9. The van der Waals surface area contributed by atoms with Crippen LogP contribution >= 0.6 is 15.9 Å². The number of aromatic amines is 1. The van der Waals surface area contributed by atoms with Gasteiger partial charge in [0.15, 0.2) is 6.61 Å². The third-order valence-electron chi connectivity index (χ3n) is 2.20. The van der Waals surface area contributed by atoms with Crippen molar-refractivity contribution in [2.75, 3.05) is 6.61 Å². The van der Waals surface area contributed by atoms with Crippen LogP contribution in [0.4, 0.5) is 0 Å². The topological polar surface area (TPSA) is 67.0 Å². The molecule has 1 aromatic heterocycles. The molecule has 0 fully saturated rings. The number of rotatable bonds is 5. The van der Waals surface area contributed by atoms with E-state index >= 15 is 0 Å². The molecule has 6 heteroatoms. The van der Waals surface area contributed by atoms with Crippen LogP contribution in [0.2, 0.25) is 0 Å². The van der Waals surface area contributed by atoms with Gasteiger partial charge >= 0.3 is 0 Å². The van der Waals surface area contributed by atoms with Gasteiger partial charge in [-0.3, -0.25) is 4.79 Å². The minimum atomic E-state index is -0.176. The maximum absolute atomic E-state index is 11.5. The molecule has 0 saturated heterocycles. The van der Waals surface area contributed by atoms with Crippen LogP contribution in [-0.2, 0) is 11.3 Å². The van der Waals surface area contributed by atoms with E-state index in [1.54, 1.807) is 18.6 Å². The zero-order valence-electron chi connectivity index (χ0n) is 9.52. The number of benzene rings is 1. The van der Waals surface area contributed by atoms with Crippen LogP contribution in [0.25, 0.3) is 0 Å². The largest absolute Gasteiger partial charge is 0.484 e. The van der Waals surface area contributed by atoms with Crippen LogP contribution in [-0.4, -0.2) is 22.5 Å². The van der Waals surface area contributed by atoms with Crippen LogP contribution in [0, 0.1) is 0 Å². The first-order valence-corrected chi connectivity index (χ1v) is 6.15. The summed E-state index contributed by atoms with van der Waals surface area (Å²) in [6.07, 6.45) is 3.23. The number of nitrogens with zero attached hydrogens (tertiary/aromatic N) is 1. The van der Waals surface area contributed by atoms with Gasteiger partial charge in [0.05, 0.1) is 18.6 Å². The summed E-state index contributed by atoms with van der Waals surface area (Å²) in [4.78, 5) is 18.3. The van der Waals surface area contributed by atoms with Crippen molar-refractivity contribution in [3.8, 4) is 5.75 Å². The van der Waals surface area contributed by atoms with Gasteiger partial charge in [-0.1, -0.05) is 22.0 Å². The summed E-state index contributed by atoms with van der Waals surface area (Å²) in [5, 5.41) is 2.72. The van der Waals surface area contributed by atoms with E-state index in [2.05, 4.69) is 31.2 Å². The Hall–Kier alpha value is -1.82. The van der Waals surface area contributed by atoms with Gasteiger partial charge in [0, 0.05) is 10.7 Å². The summed E-state index contributed by atoms with van der Waals surface area (Å²) in [6, 6.07) is 7.35. The number of hydrogen-bond acceptors (Lipinski definition) is 3.